The minimum Gasteiger partial charge on any atom is -0.481 e. The summed E-state index contributed by atoms with van der Waals surface area (Å²) in [6.07, 6.45) is -4.03. The molecule has 0 spiro atoms. The molecule has 644 valence electrons. The zero-order chi connectivity index (χ0) is 88.0. The van der Waals surface area contributed by atoms with E-state index in [1.807, 2.05) is 0 Å². The number of guanidine groups is 1. The topological polar surface area (TPSA) is 687 Å². The third-order valence-electron chi connectivity index (χ3n) is 17.4. The van der Waals surface area contributed by atoms with Gasteiger partial charge in [-0.15, -0.1) is 0 Å². The highest BCUT2D eigenvalue weighted by Gasteiger charge is 2.39. The maximum Gasteiger partial charge on any atom is 0.328 e. The Labute approximate surface area is 669 Å². The number of benzene rings is 2. The molecule has 2 aromatic carbocycles. The fraction of sp³-hybridized carbons (Fsp3) is 0.581. The summed E-state index contributed by atoms with van der Waals surface area (Å²) in [5, 5.41) is 91.4. The first-order valence-corrected chi connectivity index (χ1v) is 37.5. The third-order valence-corrected chi connectivity index (χ3v) is 17.4. The van der Waals surface area contributed by atoms with Crippen LogP contribution in [0.15, 0.2) is 65.7 Å². The summed E-state index contributed by atoms with van der Waals surface area (Å²) in [6.45, 7) is 14.1. The van der Waals surface area contributed by atoms with Crippen molar-refractivity contribution in [1.82, 2.24) is 74.4 Å². The van der Waals surface area contributed by atoms with Crippen molar-refractivity contribution in [2.75, 3.05) is 26.3 Å². The van der Waals surface area contributed by atoms with E-state index < -0.39 is 242 Å². The number of aliphatic imine (C=N–C) groups is 1. The van der Waals surface area contributed by atoms with E-state index in [9.17, 15) is 117 Å². The lowest BCUT2D eigenvalue weighted by Crippen LogP contribution is -2.62. The summed E-state index contributed by atoms with van der Waals surface area (Å²) in [5.74, 6) is -24.5. The SMILES string of the molecule is CC(C)C[C@H](NC(=O)[C@H](CO)NC(=O)[C@H](CC(=O)O)NC(=O)[C@H](C)NC(=O)[C@@H](NC(=O)[C@@H](NC(=O)[C@H](Cc1ccccc1)NC(=O)[C@H](CC(=O)O)NC(=O)[C@H](Cc1ccccc1)NC(=O)CNC(=O)[C@H](CC(=O)O)NC(=O)[C@H](CC(C)C)NC(=O)[C@H](CCCN=C(N)N)NC(=O)[C@@H](N)C(C)C)C(C)C)C(C)C)C(=O)N[C@@H](CO)C(=O)O. The lowest BCUT2D eigenvalue weighted by molar-refractivity contribution is -0.143. The Morgan fingerprint density at radius 2 is 0.698 bits per heavy atom. The van der Waals surface area contributed by atoms with Crippen LogP contribution in [-0.4, -0.2) is 254 Å². The zero-order valence-electron chi connectivity index (χ0n) is 66.6. The van der Waals surface area contributed by atoms with Gasteiger partial charge in [-0.25, -0.2) is 4.79 Å². The molecule has 14 amide bonds. The molecule has 0 saturated carbocycles. The molecule has 0 unspecified atom stereocenters. The van der Waals surface area contributed by atoms with E-state index >= 15 is 0 Å². The molecular weight excluding hydrogens is 1520 g/mol. The predicted octanol–water partition coefficient (Wildman–Crippen LogP) is -6.16. The van der Waals surface area contributed by atoms with Crippen LogP contribution in [0.1, 0.15) is 132 Å². The molecule has 0 radical (unpaired) electrons. The van der Waals surface area contributed by atoms with Gasteiger partial charge < -0.3 is 122 Å². The Kier molecular flexibility index (Phi) is 43.4. The average molecular weight is 1640 g/mol. The Bertz CT molecular complexity index is 3750. The molecule has 0 bridgehead atoms. The van der Waals surface area contributed by atoms with Crippen LogP contribution in [0.4, 0.5) is 0 Å². The van der Waals surface area contributed by atoms with Gasteiger partial charge in [-0.3, -0.25) is 86.5 Å². The molecule has 0 aliphatic rings. The minimum atomic E-state index is -2.03. The smallest absolute Gasteiger partial charge is 0.328 e. The molecule has 116 heavy (non-hydrogen) atoms. The highest BCUT2D eigenvalue weighted by Crippen LogP contribution is 2.15. The van der Waals surface area contributed by atoms with Crippen LogP contribution in [0.3, 0.4) is 0 Å². The second-order valence-corrected chi connectivity index (χ2v) is 29.4. The lowest BCUT2D eigenvalue weighted by atomic mass is 9.98. The standard InChI is InChI=1S/C74H114N18O24/c1-35(2)25-44(84-62(104)43(23-18-24-78-74(76)77)82-70(112)57(75)37(5)6)63(105)87-48(29-54(96)97)61(103)79-32-53(95)81-46(27-41-19-14-12-15-20-41)65(107)88-50(31-56(100)101)66(108)86-47(28-42-21-16-13-17-22-42)68(110)91-59(39(9)10)72(114)92-58(38(7)8)71(113)80-40(11)60(102)83-49(30-55(98)99)67(109)89-51(33-93)69(111)85-45(26-36(3)4)64(106)90-52(34-94)73(115)116/h12-17,19-22,35-40,43-52,57-59,93-94H,18,23-34,75H2,1-11H3,(H,79,103)(H,80,113)(H,81,95)(H,82,112)(H,83,102)(H,84,104)(H,85,111)(H,86,108)(H,87,105)(H,88,107)(H,89,109)(H,90,106)(H,91,110)(H,92,114)(H,96,97)(H,98,99)(H,100,101)(H,115,116)(H4,76,77,78)/t40-,43-,44-,45-,46-,47-,48-,49-,50-,51-,52-,57-,58-,59-/m0/s1. The van der Waals surface area contributed by atoms with Crippen LogP contribution < -0.4 is 91.6 Å². The quantitative estimate of drug-likeness (QED) is 0.0166. The van der Waals surface area contributed by atoms with Crippen molar-refractivity contribution in [3.05, 3.63) is 71.8 Å². The van der Waals surface area contributed by atoms with E-state index in [4.69, 9.17) is 17.2 Å². The van der Waals surface area contributed by atoms with Gasteiger partial charge in [0.05, 0.1) is 45.1 Å². The van der Waals surface area contributed by atoms with Gasteiger partial charge in [0.1, 0.15) is 78.5 Å². The van der Waals surface area contributed by atoms with Gasteiger partial charge in [-0.2, -0.15) is 0 Å². The maximum atomic E-state index is 14.6. The van der Waals surface area contributed by atoms with Crippen LogP contribution in [-0.2, 0) is 99.1 Å². The normalized spacial score (nSPS) is 14.8. The molecule has 42 heteroatoms. The zero-order valence-corrected chi connectivity index (χ0v) is 66.6. The number of rotatable bonds is 52. The Balaban J connectivity index is 2.43. The highest BCUT2D eigenvalue weighted by atomic mass is 16.4. The Hall–Kier alpha value is -11.9. The van der Waals surface area contributed by atoms with Crippen molar-refractivity contribution in [2.45, 2.75) is 219 Å². The van der Waals surface area contributed by atoms with E-state index in [1.54, 1.807) is 102 Å². The molecule has 0 saturated heterocycles. The number of aliphatic hydroxyl groups is 2. The number of nitrogens with zero attached hydrogens (tertiary/aromatic N) is 1. The summed E-state index contributed by atoms with van der Waals surface area (Å²) in [7, 11) is 0. The summed E-state index contributed by atoms with van der Waals surface area (Å²) in [5.41, 5.74) is 17.7. The van der Waals surface area contributed by atoms with Crippen molar-refractivity contribution in [3.8, 4) is 0 Å². The van der Waals surface area contributed by atoms with Gasteiger partial charge >= 0.3 is 23.9 Å². The number of nitrogens with two attached hydrogens (primary N) is 3. The second kappa shape index (κ2) is 50.3. The van der Waals surface area contributed by atoms with Gasteiger partial charge in [0.2, 0.25) is 82.7 Å². The first-order chi connectivity index (χ1) is 54.3. The monoisotopic (exact) mass is 1640 g/mol. The number of carbonyl (C=O) groups is 18. The predicted molar refractivity (Wildman–Crippen MR) is 414 cm³/mol. The number of amides is 14. The molecule has 0 aliphatic carbocycles. The summed E-state index contributed by atoms with van der Waals surface area (Å²) in [4.78, 5) is 246. The van der Waals surface area contributed by atoms with E-state index in [0.29, 0.717) is 11.1 Å². The number of nitrogens with one attached hydrogen (secondary N) is 14. The van der Waals surface area contributed by atoms with Crippen molar-refractivity contribution in [2.24, 2.45) is 51.8 Å². The van der Waals surface area contributed by atoms with Crippen LogP contribution in [0, 0.1) is 29.6 Å². The molecule has 2 rings (SSSR count). The number of aliphatic hydroxyl groups excluding tert-OH is 2. The molecule has 0 aliphatic heterocycles. The van der Waals surface area contributed by atoms with Crippen LogP contribution >= 0.6 is 0 Å². The Morgan fingerprint density at radius 3 is 1.10 bits per heavy atom. The van der Waals surface area contributed by atoms with Crippen molar-refractivity contribution in [1.29, 1.82) is 0 Å². The van der Waals surface area contributed by atoms with E-state index in [0.717, 1.165) is 6.92 Å². The molecule has 0 heterocycles. The van der Waals surface area contributed by atoms with Gasteiger partial charge in [-0.1, -0.05) is 130 Å². The van der Waals surface area contributed by atoms with E-state index in [-0.39, 0.29) is 68.8 Å². The summed E-state index contributed by atoms with van der Waals surface area (Å²) >= 11 is 0. The number of aliphatic carboxylic acids is 4. The minimum absolute atomic E-state index is 0.0318. The second-order valence-electron chi connectivity index (χ2n) is 29.4. The first kappa shape index (κ1) is 100. The molecule has 26 N–H and O–H groups in total. The number of hydrogen-bond donors (Lipinski definition) is 23. The van der Waals surface area contributed by atoms with Crippen molar-refractivity contribution < 1.29 is 117 Å². The number of hydrogen-bond acceptors (Lipinski definition) is 22. The molecular formula is C74H114N18O24. The molecule has 0 aromatic heterocycles. The van der Waals surface area contributed by atoms with Crippen molar-refractivity contribution in [3.63, 3.8) is 0 Å². The molecule has 14 atom stereocenters. The van der Waals surface area contributed by atoms with Gasteiger partial charge in [0, 0.05) is 19.4 Å². The number of carboxylic acid groups (broad SMARTS) is 4. The van der Waals surface area contributed by atoms with E-state index in [1.165, 1.54) is 27.7 Å². The average Bonchev–Trinajstić information content (AvgIpc) is 0.849. The van der Waals surface area contributed by atoms with Gasteiger partial charge in [-0.05, 0) is 73.3 Å². The van der Waals surface area contributed by atoms with Gasteiger partial charge in [0.15, 0.2) is 5.96 Å². The third kappa shape index (κ3) is 36.9. The summed E-state index contributed by atoms with van der Waals surface area (Å²) in [6, 6.07) is -6.98. The first-order valence-electron chi connectivity index (χ1n) is 37.5. The lowest BCUT2D eigenvalue weighted by Gasteiger charge is -2.30. The van der Waals surface area contributed by atoms with Gasteiger partial charge in [0.25, 0.3) is 0 Å². The largest absolute Gasteiger partial charge is 0.481 e. The Morgan fingerprint density at radius 1 is 0.362 bits per heavy atom. The van der Waals surface area contributed by atoms with Crippen LogP contribution in [0.25, 0.3) is 0 Å². The number of carboxylic acids is 4. The van der Waals surface area contributed by atoms with Crippen molar-refractivity contribution >= 4 is 113 Å². The number of carbonyl (C=O) groups excluding carboxylic acids is 14. The summed E-state index contributed by atoms with van der Waals surface area (Å²) < 4.78 is 0. The maximum absolute atomic E-state index is 14.6. The fourth-order valence-electron chi connectivity index (χ4n) is 11.1. The van der Waals surface area contributed by atoms with Crippen LogP contribution in [0.5, 0.6) is 0 Å². The molecule has 0 fully saturated rings. The fourth-order valence-corrected chi connectivity index (χ4v) is 11.1. The highest BCUT2D eigenvalue weighted by molar-refractivity contribution is 6.01. The van der Waals surface area contributed by atoms with Crippen LogP contribution in [0.2, 0.25) is 0 Å². The van der Waals surface area contributed by atoms with E-state index in [2.05, 4.69) is 79.4 Å². The molecule has 42 nitrogen and oxygen atoms in total. The molecule has 2 aromatic rings.